The molecule has 2 aromatic rings. The summed E-state index contributed by atoms with van der Waals surface area (Å²) >= 11 is 0. The molecule has 0 saturated heterocycles. The van der Waals surface area contributed by atoms with E-state index in [0.717, 1.165) is 24.6 Å². The van der Waals surface area contributed by atoms with Gasteiger partial charge in [0.1, 0.15) is 12.6 Å². The monoisotopic (exact) mass is 563 g/mol. The van der Waals surface area contributed by atoms with Crippen molar-refractivity contribution in [3.63, 3.8) is 0 Å². The maximum atomic E-state index is 13.7. The van der Waals surface area contributed by atoms with Crippen LogP contribution in [0.3, 0.4) is 0 Å². The lowest BCUT2D eigenvalue weighted by atomic mass is 9.93. The third-order valence-corrected chi connectivity index (χ3v) is 8.24. The summed E-state index contributed by atoms with van der Waals surface area (Å²) < 4.78 is 40.2. The number of carboxylic acid groups (broad SMARTS) is 1. The van der Waals surface area contributed by atoms with Gasteiger partial charge in [-0.15, -0.1) is 0 Å². The highest BCUT2D eigenvalue weighted by Gasteiger charge is 2.34. The lowest BCUT2D eigenvalue weighted by Gasteiger charge is -2.35. The van der Waals surface area contributed by atoms with E-state index in [-0.39, 0.29) is 29.9 Å². The molecule has 0 unspecified atom stereocenters. The molecule has 1 saturated carbocycles. The van der Waals surface area contributed by atoms with Gasteiger partial charge >= 0.3 is 5.97 Å². The molecule has 0 heterocycles. The molecule has 6 N–H and O–H groups in total. The topological polar surface area (TPSA) is 187 Å². The van der Waals surface area contributed by atoms with Crippen LogP contribution in [0.25, 0.3) is 10.8 Å². The van der Waals surface area contributed by atoms with Gasteiger partial charge in [0.15, 0.2) is 17.5 Å². The first-order chi connectivity index (χ1) is 18.6. The van der Waals surface area contributed by atoms with Crippen LogP contribution in [-0.2, 0) is 19.6 Å². The summed E-state index contributed by atoms with van der Waals surface area (Å²) in [5, 5.41) is 10.8. The van der Waals surface area contributed by atoms with Crippen LogP contribution in [0.2, 0.25) is 0 Å². The summed E-state index contributed by atoms with van der Waals surface area (Å²) in [6.45, 7) is -0.318. The normalized spacial score (nSPS) is 14.9. The molecule has 12 nitrogen and oxygen atoms in total. The number of amides is 1. The summed E-state index contributed by atoms with van der Waals surface area (Å²) in [6, 6.07) is 6.50. The number of aliphatic imine (C=N–C) groups is 1. The Labute approximate surface area is 228 Å². The molecule has 39 heavy (non-hydrogen) atoms. The first-order valence-corrected chi connectivity index (χ1v) is 14.3. The molecule has 0 aliphatic heterocycles. The predicted molar refractivity (Wildman–Crippen MR) is 147 cm³/mol. The number of rotatable bonds is 13. The third-order valence-electron chi connectivity index (χ3n) is 6.77. The highest BCUT2D eigenvalue weighted by Crippen LogP contribution is 2.33. The van der Waals surface area contributed by atoms with Crippen molar-refractivity contribution in [2.45, 2.75) is 61.9 Å². The molecule has 0 radical (unpaired) electrons. The van der Waals surface area contributed by atoms with Gasteiger partial charge in [-0.3, -0.25) is 14.6 Å². The third kappa shape index (κ3) is 7.96. The summed E-state index contributed by atoms with van der Waals surface area (Å²) in [5.41, 5.74) is 10.8. The Hall–Kier alpha value is -3.58. The lowest BCUT2D eigenvalue weighted by Crippen LogP contribution is -2.53. The fourth-order valence-corrected chi connectivity index (χ4v) is 6.10. The van der Waals surface area contributed by atoms with E-state index in [9.17, 15) is 23.1 Å². The SMILES string of the molecule is COc1cc2ccc(S(=O)(=O)N[C@@H](CCCN=C(N)N)C(=O)N(CC(=O)O)C3CCCCC3)cc2cc1OC. The van der Waals surface area contributed by atoms with Crippen molar-refractivity contribution in [3.8, 4) is 11.5 Å². The molecule has 13 heteroatoms. The average molecular weight is 564 g/mol. The molecule has 3 rings (SSSR count). The summed E-state index contributed by atoms with van der Waals surface area (Å²) in [5.74, 6) is -0.903. The van der Waals surface area contributed by atoms with Crippen LogP contribution in [0.4, 0.5) is 0 Å². The predicted octanol–water partition coefficient (Wildman–Crippen LogP) is 1.80. The number of hydrogen-bond acceptors (Lipinski definition) is 7. The minimum Gasteiger partial charge on any atom is -0.493 e. The quantitative estimate of drug-likeness (QED) is 0.160. The largest absolute Gasteiger partial charge is 0.493 e. The number of nitrogens with one attached hydrogen (secondary N) is 1. The number of carboxylic acids is 1. The molecule has 1 atom stereocenters. The number of hydrogen-bond donors (Lipinski definition) is 4. The fourth-order valence-electron chi connectivity index (χ4n) is 4.84. The molecule has 1 aliphatic rings. The molecular formula is C26H37N5O7S. The van der Waals surface area contributed by atoms with Crippen molar-refractivity contribution in [2.75, 3.05) is 27.3 Å². The van der Waals surface area contributed by atoms with Crippen molar-refractivity contribution in [1.29, 1.82) is 0 Å². The fraction of sp³-hybridized carbons (Fsp3) is 0.500. The number of nitrogens with zero attached hydrogens (tertiary/aromatic N) is 2. The van der Waals surface area contributed by atoms with Gasteiger partial charge in [0, 0.05) is 12.6 Å². The average Bonchev–Trinajstić information content (AvgIpc) is 2.92. The van der Waals surface area contributed by atoms with Gasteiger partial charge in [-0.25, -0.2) is 8.42 Å². The first-order valence-electron chi connectivity index (χ1n) is 12.8. The molecule has 1 fully saturated rings. The number of guanidine groups is 1. The molecule has 214 valence electrons. The zero-order valence-electron chi connectivity index (χ0n) is 22.3. The van der Waals surface area contributed by atoms with E-state index < -0.39 is 34.5 Å². The van der Waals surface area contributed by atoms with Crippen LogP contribution in [0, 0.1) is 0 Å². The van der Waals surface area contributed by atoms with Crippen molar-refractivity contribution in [2.24, 2.45) is 16.5 Å². The number of carbonyl (C=O) groups excluding carboxylic acids is 1. The van der Waals surface area contributed by atoms with Gasteiger partial charge in [0.2, 0.25) is 15.9 Å². The van der Waals surface area contributed by atoms with Crippen LogP contribution in [0.5, 0.6) is 11.5 Å². The number of benzene rings is 2. The second-order valence-electron chi connectivity index (χ2n) is 9.49. The number of methoxy groups -OCH3 is 2. The Morgan fingerprint density at radius 3 is 2.31 bits per heavy atom. The van der Waals surface area contributed by atoms with Crippen LogP contribution < -0.4 is 25.7 Å². The number of sulfonamides is 1. The smallest absolute Gasteiger partial charge is 0.323 e. The van der Waals surface area contributed by atoms with Gasteiger partial charge < -0.3 is 30.9 Å². The Morgan fingerprint density at radius 2 is 1.72 bits per heavy atom. The maximum Gasteiger partial charge on any atom is 0.323 e. The van der Waals surface area contributed by atoms with Crippen molar-refractivity contribution >= 4 is 38.6 Å². The highest BCUT2D eigenvalue weighted by molar-refractivity contribution is 7.89. The second-order valence-corrected chi connectivity index (χ2v) is 11.2. The van der Waals surface area contributed by atoms with E-state index in [1.54, 1.807) is 18.2 Å². The summed E-state index contributed by atoms with van der Waals surface area (Å²) in [4.78, 5) is 30.5. The zero-order chi connectivity index (χ0) is 28.6. The number of nitrogens with two attached hydrogens (primary N) is 2. The lowest BCUT2D eigenvalue weighted by molar-refractivity contribution is -0.147. The van der Waals surface area contributed by atoms with E-state index in [0.29, 0.717) is 36.1 Å². The van der Waals surface area contributed by atoms with E-state index in [1.165, 1.54) is 31.3 Å². The van der Waals surface area contributed by atoms with E-state index in [4.69, 9.17) is 20.9 Å². The van der Waals surface area contributed by atoms with Gasteiger partial charge in [0.05, 0.1) is 19.1 Å². The summed E-state index contributed by atoms with van der Waals surface area (Å²) in [7, 11) is -1.18. The Balaban J connectivity index is 1.93. The van der Waals surface area contributed by atoms with Crippen molar-refractivity contribution < 1.29 is 32.6 Å². The van der Waals surface area contributed by atoms with Crippen LogP contribution in [-0.4, -0.2) is 75.7 Å². The number of carbonyl (C=O) groups is 2. The van der Waals surface area contributed by atoms with Crippen molar-refractivity contribution in [1.82, 2.24) is 9.62 Å². The Bertz CT molecular complexity index is 1310. The molecule has 1 amide bonds. The Kier molecular flexibility index (Phi) is 10.4. The van der Waals surface area contributed by atoms with Crippen molar-refractivity contribution in [3.05, 3.63) is 30.3 Å². The van der Waals surface area contributed by atoms with Gasteiger partial charge in [-0.05, 0) is 60.7 Å². The molecule has 0 aromatic heterocycles. The molecule has 0 spiro atoms. The minimum atomic E-state index is -4.18. The Morgan fingerprint density at radius 1 is 1.08 bits per heavy atom. The molecule has 2 aromatic carbocycles. The van der Waals surface area contributed by atoms with E-state index in [1.807, 2.05) is 0 Å². The van der Waals surface area contributed by atoms with Crippen LogP contribution in [0.1, 0.15) is 44.9 Å². The molecule has 0 bridgehead atoms. The van der Waals surface area contributed by atoms with Gasteiger partial charge in [0.25, 0.3) is 0 Å². The molecular weight excluding hydrogens is 526 g/mol. The summed E-state index contributed by atoms with van der Waals surface area (Å²) in [6.07, 6.45) is 4.48. The van der Waals surface area contributed by atoms with Crippen LogP contribution in [0.15, 0.2) is 40.2 Å². The maximum absolute atomic E-state index is 13.7. The second kappa shape index (κ2) is 13.5. The number of fused-ring (bicyclic) bond motifs is 1. The number of ether oxygens (including phenoxy) is 2. The zero-order valence-corrected chi connectivity index (χ0v) is 23.1. The molecule has 1 aliphatic carbocycles. The number of aliphatic carboxylic acids is 1. The first kappa shape index (κ1) is 30.0. The van der Waals surface area contributed by atoms with E-state index in [2.05, 4.69) is 9.71 Å². The van der Waals surface area contributed by atoms with Gasteiger partial charge in [-0.2, -0.15) is 4.72 Å². The van der Waals surface area contributed by atoms with Crippen LogP contribution >= 0.6 is 0 Å². The standard InChI is InChI=1S/C26H37N5O7S/c1-37-22-14-17-10-11-20(13-18(17)15-23(22)38-2)39(35,36)30-21(9-6-12-29-26(27)28)25(34)31(16-24(32)33)19-7-4-3-5-8-19/h10-11,13-15,19,21,30H,3-9,12,16H2,1-2H3,(H,32,33)(H4,27,28,29)/t21-/m0/s1. The van der Waals surface area contributed by atoms with E-state index >= 15 is 0 Å². The highest BCUT2D eigenvalue weighted by atomic mass is 32.2. The van der Waals surface area contributed by atoms with Gasteiger partial charge in [-0.1, -0.05) is 25.3 Å². The minimum absolute atomic E-state index is 0.0494.